The van der Waals surface area contributed by atoms with E-state index in [1.165, 1.54) is 6.33 Å². The van der Waals surface area contributed by atoms with Crippen molar-refractivity contribution in [1.82, 2.24) is 9.97 Å². The minimum absolute atomic E-state index is 0.0893. The minimum Gasteiger partial charge on any atom is -0.490 e. The van der Waals surface area contributed by atoms with E-state index in [1.54, 1.807) is 7.11 Å². The zero-order valence-electron chi connectivity index (χ0n) is 12.4. The lowest BCUT2D eigenvalue weighted by Crippen LogP contribution is -2.15. The maximum atomic E-state index is 12.0. The lowest BCUT2D eigenvalue weighted by molar-refractivity contribution is 0.146. The molecular weight excluding hydrogens is 268 g/mol. The number of aromatic nitrogens is 2. The van der Waals surface area contributed by atoms with Crippen molar-refractivity contribution in [3.05, 3.63) is 46.5 Å². The number of methoxy groups -OCH3 is 1. The maximum Gasteiger partial charge on any atom is 0.254 e. The molecule has 21 heavy (non-hydrogen) atoms. The predicted octanol–water partition coefficient (Wildman–Crippen LogP) is 2.41. The number of nitrogens with one attached hydrogen (secondary N) is 1. The van der Waals surface area contributed by atoms with Crippen LogP contribution in [0, 0.1) is 0 Å². The lowest BCUT2D eigenvalue weighted by Gasteiger charge is -2.12. The van der Waals surface area contributed by atoms with Gasteiger partial charge in [0.2, 0.25) is 0 Å². The molecule has 0 aliphatic heterocycles. The van der Waals surface area contributed by atoms with Crippen LogP contribution in [0.5, 0.6) is 5.75 Å². The predicted molar refractivity (Wildman–Crippen MR) is 81.7 cm³/mol. The number of rotatable bonds is 7. The molecule has 2 aromatic rings. The van der Waals surface area contributed by atoms with Crippen LogP contribution in [-0.4, -0.2) is 30.3 Å². The van der Waals surface area contributed by atoms with Crippen molar-refractivity contribution < 1.29 is 9.47 Å². The van der Waals surface area contributed by atoms with E-state index in [9.17, 15) is 4.79 Å². The first-order valence-electron chi connectivity index (χ1n) is 7.05. The summed E-state index contributed by atoms with van der Waals surface area (Å²) >= 11 is 0. The number of benzene rings is 1. The number of hydrogen-bond acceptors (Lipinski definition) is 4. The Balaban J connectivity index is 2.42. The molecule has 0 bridgehead atoms. The van der Waals surface area contributed by atoms with Crippen LogP contribution in [0.1, 0.15) is 18.9 Å². The Morgan fingerprint density at radius 1 is 1.24 bits per heavy atom. The average Bonchev–Trinajstić information content (AvgIpc) is 2.50. The summed E-state index contributed by atoms with van der Waals surface area (Å²) in [7, 11) is 1.63. The van der Waals surface area contributed by atoms with E-state index in [4.69, 9.17) is 9.47 Å². The van der Waals surface area contributed by atoms with Gasteiger partial charge in [0.05, 0.1) is 18.6 Å². The highest BCUT2D eigenvalue weighted by Gasteiger charge is 2.14. The molecule has 0 fully saturated rings. The van der Waals surface area contributed by atoms with Gasteiger partial charge in [-0.3, -0.25) is 4.79 Å². The van der Waals surface area contributed by atoms with E-state index < -0.39 is 0 Å². The zero-order chi connectivity index (χ0) is 15.1. The lowest BCUT2D eigenvalue weighted by atomic mass is 10.0. The van der Waals surface area contributed by atoms with Gasteiger partial charge in [0.15, 0.2) is 0 Å². The summed E-state index contributed by atoms with van der Waals surface area (Å²) < 4.78 is 10.7. The Labute approximate surface area is 124 Å². The van der Waals surface area contributed by atoms with Crippen LogP contribution in [0.4, 0.5) is 0 Å². The highest BCUT2D eigenvalue weighted by Crippen LogP contribution is 2.29. The standard InChI is InChI=1S/C16H20N2O3/c1-3-6-13-15(17-11-18-16(13)19)12-7-4-5-8-14(12)21-10-9-20-2/h4-5,7-8,11H,3,6,9-10H2,1-2H3,(H,17,18,19). The molecule has 0 atom stereocenters. The van der Waals surface area contributed by atoms with E-state index in [-0.39, 0.29) is 5.56 Å². The summed E-state index contributed by atoms with van der Waals surface area (Å²) in [6.45, 7) is 3.01. The van der Waals surface area contributed by atoms with Gasteiger partial charge in [-0.25, -0.2) is 4.98 Å². The number of nitrogens with zero attached hydrogens (tertiary/aromatic N) is 1. The molecular formula is C16H20N2O3. The van der Waals surface area contributed by atoms with Crippen LogP contribution < -0.4 is 10.3 Å². The Bertz CT molecular complexity index is 637. The van der Waals surface area contributed by atoms with Crippen LogP contribution in [0.25, 0.3) is 11.3 Å². The number of para-hydroxylation sites is 1. The van der Waals surface area contributed by atoms with Gasteiger partial charge in [-0.05, 0) is 18.6 Å². The molecule has 0 aliphatic rings. The fourth-order valence-corrected chi connectivity index (χ4v) is 2.17. The molecule has 1 aromatic carbocycles. The molecule has 0 aliphatic carbocycles. The van der Waals surface area contributed by atoms with Gasteiger partial charge in [0, 0.05) is 18.2 Å². The van der Waals surface area contributed by atoms with Crippen molar-refractivity contribution in [2.24, 2.45) is 0 Å². The van der Waals surface area contributed by atoms with E-state index in [1.807, 2.05) is 31.2 Å². The summed E-state index contributed by atoms with van der Waals surface area (Å²) in [5.74, 6) is 0.713. The molecule has 2 rings (SSSR count). The molecule has 0 radical (unpaired) electrons. The third kappa shape index (κ3) is 3.70. The Morgan fingerprint density at radius 3 is 2.81 bits per heavy atom. The van der Waals surface area contributed by atoms with Gasteiger partial charge in [0.25, 0.3) is 5.56 Å². The summed E-state index contributed by atoms with van der Waals surface area (Å²) in [4.78, 5) is 19.0. The van der Waals surface area contributed by atoms with Crippen molar-refractivity contribution in [3.8, 4) is 17.0 Å². The molecule has 1 N–H and O–H groups in total. The van der Waals surface area contributed by atoms with Gasteiger partial charge in [-0.2, -0.15) is 0 Å². The van der Waals surface area contributed by atoms with Crippen LogP contribution in [0.15, 0.2) is 35.4 Å². The fourth-order valence-electron chi connectivity index (χ4n) is 2.17. The molecule has 5 nitrogen and oxygen atoms in total. The van der Waals surface area contributed by atoms with Gasteiger partial charge in [-0.1, -0.05) is 25.5 Å². The summed E-state index contributed by atoms with van der Waals surface area (Å²) in [5, 5.41) is 0. The van der Waals surface area contributed by atoms with E-state index in [2.05, 4.69) is 9.97 Å². The van der Waals surface area contributed by atoms with E-state index in [0.29, 0.717) is 36.6 Å². The zero-order valence-corrected chi connectivity index (χ0v) is 12.4. The molecule has 0 spiro atoms. The normalized spacial score (nSPS) is 10.6. The number of hydrogen-bond donors (Lipinski definition) is 1. The number of aromatic amines is 1. The first-order chi connectivity index (χ1) is 10.3. The Hall–Kier alpha value is -2.14. The molecule has 0 amide bonds. The molecule has 112 valence electrons. The Morgan fingerprint density at radius 2 is 2.05 bits per heavy atom. The third-order valence-electron chi connectivity index (χ3n) is 3.14. The monoisotopic (exact) mass is 288 g/mol. The maximum absolute atomic E-state index is 12.0. The van der Waals surface area contributed by atoms with Gasteiger partial charge in [0.1, 0.15) is 12.4 Å². The van der Waals surface area contributed by atoms with Crippen LogP contribution in [0.2, 0.25) is 0 Å². The van der Waals surface area contributed by atoms with Crippen LogP contribution in [0.3, 0.4) is 0 Å². The smallest absolute Gasteiger partial charge is 0.254 e. The molecule has 1 heterocycles. The van der Waals surface area contributed by atoms with Crippen molar-refractivity contribution in [3.63, 3.8) is 0 Å². The second kappa shape index (κ2) is 7.59. The summed E-state index contributed by atoms with van der Waals surface area (Å²) in [6, 6.07) is 7.61. The van der Waals surface area contributed by atoms with Crippen molar-refractivity contribution in [1.29, 1.82) is 0 Å². The van der Waals surface area contributed by atoms with Gasteiger partial charge >= 0.3 is 0 Å². The molecule has 5 heteroatoms. The van der Waals surface area contributed by atoms with Crippen molar-refractivity contribution in [2.45, 2.75) is 19.8 Å². The molecule has 0 saturated carbocycles. The highest BCUT2D eigenvalue weighted by atomic mass is 16.5. The molecule has 0 saturated heterocycles. The molecule has 0 unspecified atom stereocenters. The van der Waals surface area contributed by atoms with Crippen molar-refractivity contribution >= 4 is 0 Å². The second-order valence-corrected chi connectivity index (χ2v) is 4.65. The van der Waals surface area contributed by atoms with E-state index >= 15 is 0 Å². The average molecular weight is 288 g/mol. The largest absolute Gasteiger partial charge is 0.490 e. The van der Waals surface area contributed by atoms with E-state index in [0.717, 1.165) is 12.0 Å². The highest BCUT2D eigenvalue weighted by molar-refractivity contribution is 5.69. The van der Waals surface area contributed by atoms with Crippen LogP contribution in [-0.2, 0) is 11.2 Å². The van der Waals surface area contributed by atoms with Gasteiger partial charge < -0.3 is 14.5 Å². The Kier molecular flexibility index (Phi) is 5.51. The summed E-state index contributed by atoms with van der Waals surface area (Å²) in [5.41, 5.74) is 2.13. The SMILES string of the molecule is CCCc1c(-c2ccccc2OCCOC)nc[nH]c1=O. The quantitative estimate of drug-likeness (QED) is 0.795. The minimum atomic E-state index is -0.0893. The molecule has 1 aromatic heterocycles. The van der Waals surface area contributed by atoms with Crippen molar-refractivity contribution in [2.75, 3.05) is 20.3 Å². The van der Waals surface area contributed by atoms with Gasteiger partial charge in [-0.15, -0.1) is 0 Å². The first kappa shape index (κ1) is 15.3. The van der Waals surface area contributed by atoms with Crippen LogP contribution >= 0.6 is 0 Å². The third-order valence-corrected chi connectivity index (χ3v) is 3.14. The topological polar surface area (TPSA) is 64.2 Å². The fraction of sp³-hybridized carbons (Fsp3) is 0.375. The number of ether oxygens (including phenoxy) is 2. The second-order valence-electron chi connectivity index (χ2n) is 4.65. The number of H-pyrrole nitrogens is 1. The first-order valence-corrected chi connectivity index (χ1v) is 7.05. The summed E-state index contributed by atoms with van der Waals surface area (Å²) in [6.07, 6.45) is 3.00.